The Balaban J connectivity index is 1.79. The fraction of sp³-hybridized carbons (Fsp3) is 0.167. The number of carbonyl (C=O) groups excluding carboxylic acids is 2. The van der Waals surface area contributed by atoms with Crippen molar-refractivity contribution >= 4 is 28.6 Å². The summed E-state index contributed by atoms with van der Waals surface area (Å²) in [7, 11) is 1.29. The number of nitrogens with zero attached hydrogens (tertiary/aromatic N) is 1. The Kier molecular flexibility index (Phi) is 4.65. The maximum absolute atomic E-state index is 12.6. The van der Waals surface area contributed by atoms with E-state index in [0.717, 1.165) is 22.3 Å². The Bertz CT molecular complexity index is 933. The van der Waals surface area contributed by atoms with E-state index < -0.39 is 6.09 Å². The van der Waals surface area contributed by atoms with Crippen LogP contribution in [0.15, 0.2) is 42.6 Å². The van der Waals surface area contributed by atoms with Gasteiger partial charge in [0.05, 0.1) is 25.0 Å². The smallest absolute Gasteiger partial charge is 0.407 e. The van der Waals surface area contributed by atoms with Crippen LogP contribution in [0.25, 0.3) is 10.9 Å². The molecular weight excluding hydrogens is 320 g/mol. The summed E-state index contributed by atoms with van der Waals surface area (Å²) in [5.41, 5.74) is 3.63. The SMILES string of the molecule is COC(=O)NCc1cc(C(=O)Nc2c(C)[nH]c3ccccc23)ccn1. The predicted octanol–water partition coefficient (Wildman–Crippen LogP) is 2.98. The molecule has 2 heterocycles. The first kappa shape index (κ1) is 16.5. The number of para-hydroxylation sites is 1. The van der Waals surface area contributed by atoms with Gasteiger partial charge in [-0.05, 0) is 25.1 Å². The van der Waals surface area contributed by atoms with Gasteiger partial charge in [0.25, 0.3) is 5.91 Å². The van der Waals surface area contributed by atoms with Crippen LogP contribution < -0.4 is 10.6 Å². The van der Waals surface area contributed by atoms with Gasteiger partial charge in [-0.2, -0.15) is 0 Å². The van der Waals surface area contributed by atoms with Gasteiger partial charge in [0, 0.05) is 28.4 Å². The second-order valence-corrected chi connectivity index (χ2v) is 5.51. The molecule has 0 aliphatic carbocycles. The molecule has 128 valence electrons. The van der Waals surface area contributed by atoms with Crippen molar-refractivity contribution in [3.05, 3.63) is 59.5 Å². The third-order valence-corrected chi connectivity index (χ3v) is 3.81. The summed E-state index contributed by atoms with van der Waals surface area (Å²) in [4.78, 5) is 31.1. The Hall–Kier alpha value is -3.35. The van der Waals surface area contributed by atoms with Gasteiger partial charge >= 0.3 is 6.09 Å². The van der Waals surface area contributed by atoms with Crippen LogP contribution in [0, 0.1) is 6.92 Å². The molecule has 0 saturated carbocycles. The number of anilines is 1. The summed E-state index contributed by atoms with van der Waals surface area (Å²) in [6.45, 7) is 2.09. The highest BCUT2D eigenvalue weighted by atomic mass is 16.5. The molecule has 0 unspecified atom stereocenters. The number of aromatic amines is 1. The van der Waals surface area contributed by atoms with Crippen LogP contribution in [0.3, 0.4) is 0 Å². The van der Waals surface area contributed by atoms with Crippen molar-refractivity contribution < 1.29 is 14.3 Å². The first-order valence-electron chi connectivity index (χ1n) is 7.74. The van der Waals surface area contributed by atoms with Crippen LogP contribution in [-0.4, -0.2) is 29.1 Å². The zero-order chi connectivity index (χ0) is 17.8. The van der Waals surface area contributed by atoms with E-state index in [1.807, 2.05) is 31.2 Å². The van der Waals surface area contributed by atoms with E-state index in [0.29, 0.717) is 11.3 Å². The van der Waals surface area contributed by atoms with E-state index in [1.165, 1.54) is 13.3 Å². The quantitative estimate of drug-likeness (QED) is 0.681. The van der Waals surface area contributed by atoms with E-state index in [2.05, 4.69) is 25.3 Å². The van der Waals surface area contributed by atoms with Crippen LogP contribution >= 0.6 is 0 Å². The molecule has 2 aromatic heterocycles. The van der Waals surface area contributed by atoms with E-state index in [9.17, 15) is 9.59 Å². The minimum Gasteiger partial charge on any atom is -0.453 e. The molecule has 3 rings (SSSR count). The number of aryl methyl sites for hydroxylation is 1. The molecule has 0 aliphatic heterocycles. The molecule has 1 aromatic carbocycles. The number of carbonyl (C=O) groups is 2. The number of hydrogen-bond donors (Lipinski definition) is 3. The summed E-state index contributed by atoms with van der Waals surface area (Å²) < 4.78 is 4.51. The third-order valence-electron chi connectivity index (χ3n) is 3.81. The second kappa shape index (κ2) is 7.04. The first-order chi connectivity index (χ1) is 12.1. The number of benzene rings is 1. The van der Waals surface area contributed by atoms with Crippen molar-refractivity contribution in [3.8, 4) is 0 Å². The van der Waals surface area contributed by atoms with E-state index in [4.69, 9.17) is 0 Å². The number of nitrogens with one attached hydrogen (secondary N) is 3. The Morgan fingerprint density at radius 1 is 1.24 bits per heavy atom. The molecule has 0 radical (unpaired) electrons. The number of hydrogen-bond acceptors (Lipinski definition) is 4. The van der Waals surface area contributed by atoms with Gasteiger partial charge in [-0.25, -0.2) is 4.79 Å². The van der Waals surface area contributed by atoms with Gasteiger partial charge in [0.15, 0.2) is 0 Å². The maximum Gasteiger partial charge on any atom is 0.407 e. The van der Waals surface area contributed by atoms with Crippen molar-refractivity contribution in [2.75, 3.05) is 12.4 Å². The Labute approximate surface area is 144 Å². The van der Waals surface area contributed by atoms with Crippen LogP contribution in [0.2, 0.25) is 0 Å². The Morgan fingerprint density at radius 2 is 2.04 bits per heavy atom. The summed E-state index contributed by atoms with van der Waals surface area (Å²) >= 11 is 0. The second-order valence-electron chi connectivity index (χ2n) is 5.51. The standard InChI is InChI=1S/C18H18N4O3/c1-11-16(14-5-3-4-6-15(14)21-11)22-17(23)12-7-8-19-13(9-12)10-20-18(24)25-2/h3-9,21H,10H2,1-2H3,(H,20,24)(H,22,23). The normalized spacial score (nSPS) is 10.5. The van der Waals surface area contributed by atoms with Crippen molar-refractivity contribution in [3.63, 3.8) is 0 Å². The number of methoxy groups -OCH3 is 1. The largest absolute Gasteiger partial charge is 0.453 e. The van der Waals surface area contributed by atoms with Crippen LogP contribution in [0.1, 0.15) is 21.7 Å². The highest BCUT2D eigenvalue weighted by molar-refractivity contribution is 6.09. The lowest BCUT2D eigenvalue weighted by Crippen LogP contribution is -2.23. The van der Waals surface area contributed by atoms with Gasteiger partial charge in [-0.3, -0.25) is 9.78 Å². The van der Waals surface area contributed by atoms with Crippen LogP contribution in [0.4, 0.5) is 10.5 Å². The lowest BCUT2D eigenvalue weighted by Gasteiger charge is -2.08. The van der Waals surface area contributed by atoms with E-state index in [1.54, 1.807) is 12.1 Å². The molecule has 3 aromatic rings. The fourth-order valence-electron chi connectivity index (χ4n) is 2.57. The van der Waals surface area contributed by atoms with Crippen molar-refractivity contribution in [2.24, 2.45) is 0 Å². The van der Waals surface area contributed by atoms with Crippen LogP contribution in [-0.2, 0) is 11.3 Å². The average Bonchev–Trinajstić information content (AvgIpc) is 2.95. The minimum atomic E-state index is -0.550. The highest BCUT2D eigenvalue weighted by Gasteiger charge is 2.13. The molecule has 2 amide bonds. The number of amides is 2. The molecule has 3 N–H and O–H groups in total. The summed E-state index contributed by atoms with van der Waals surface area (Å²) in [6, 6.07) is 11.0. The zero-order valence-electron chi connectivity index (χ0n) is 13.9. The third kappa shape index (κ3) is 3.60. The van der Waals surface area contributed by atoms with E-state index >= 15 is 0 Å². The lowest BCUT2D eigenvalue weighted by molar-refractivity contribution is 0.102. The molecule has 7 nitrogen and oxygen atoms in total. The molecule has 0 atom stereocenters. The maximum atomic E-state index is 12.6. The number of aromatic nitrogens is 2. The minimum absolute atomic E-state index is 0.180. The van der Waals surface area contributed by atoms with Gasteiger partial charge in [-0.15, -0.1) is 0 Å². The molecule has 25 heavy (non-hydrogen) atoms. The lowest BCUT2D eigenvalue weighted by atomic mass is 10.2. The predicted molar refractivity (Wildman–Crippen MR) is 94.5 cm³/mol. The molecule has 0 saturated heterocycles. The van der Waals surface area contributed by atoms with Gasteiger partial charge in [0.2, 0.25) is 0 Å². The van der Waals surface area contributed by atoms with Crippen molar-refractivity contribution in [1.29, 1.82) is 0 Å². The molecule has 0 bridgehead atoms. The average molecular weight is 338 g/mol. The number of pyridine rings is 1. The summed E-state index contributed by atoms with van der Waals surface area (Å²) in [5.74, 6) is -0.241. The summed E-state index contributed by atoms with van der Waals surface area (Å²) in [6.07, 6.45) is 0.983. The van der Waals surface area contributed by atoms with Crippen LogP contribution in [0.5, 0.6) is 0 Å². The number of alkyl carbamates (subject to hydrolysis) is 1. The number of rotatable bonds is 4. The molecule has 0 fully saturated rings. The van der Waals surface area contributed by atoms with Crippen molar-refractivity contribution in [1.82, 2.24) is 15.3 Å². The number of H-pyrrole nitrogens is 1. The highest BCUT2D eigenvalue weighted by Crippen LogP contribution is 2.27. The van der Waals surface area contributed by atoms with Gasteiger partial charge in [0.1, 0.15) is 0 Å². The topological polar surface area (TPSA) is 96.1 Å². The summed E-state index contributed by atoms with van der Waals surface area (Å²) in [5, 5.41) is 6.43. The molecule has 7 heteroatoms. The molecular formula is C18H18N4O3. The Morgan fingerprint density at radius 3 is 2.84 bits per heavy atom. The zero-order valence-corrected chi connectivity index (χ0v) is 13.9. The van der Waals surface area contributed by atoms with Crippen molar-refractivity contribution in [2.45, 2.75) is 13.5 Å². The van der Waals surface area contributed by atoms with E-state index in [-0.39, 0.29) is 12.5 Å². The number of fused-ring (bicyclic) bond motifs is 1. The first-order valence-corrected chi connectivity index (χ1v) is 7.74. The monoisotopic (exact) mass is 338 g/mol. The number of ether oxygens (including phenoxy) is 1. The molecule has 0 spiro atoms. The fourth-order valence-corrected chi connectivity index (χ4v) is 2.57. The van der Waals surface area contributed by atoms with Gasteiger partial charge < -0.3 is 20.4 Å². The van der Waals surface area contributed by atoms with Gasteiger partial charge in [-0.1, -0.05) is 18.2 Å². The molecule has 0 aliphatic rings.